The van der Waals surface area contributed by atoms with E-state index in [-0.39, 0.29) is 30.1 Å². The number of carbonyl (C=O) groups is 2. The molecule has 4 nitrogen and oxygen atoms in total. The molecule has 1 heterocycles. The topological polar surface area (TPSA) is 55.4 Å². The summed E-state index contributed by atoms with van der Waals surface area (Å²) in [6, 6.07) is 5.88. The molecule has 0 aromatic heterocycles. The highest BCUT2D eigenvalue weighted by atomic mass is 16.5. The molecule has 2 atom stereocenters. The second-order valence-electron chi connectivity index (χ2n) is 4.76. The zero-order chi connectivity index (χ0) is 13.3. The van der Waals surface area contributed by atoms with Crippen molar-refractivity contribution in [1.82, 2.24) is 5.32 Å². The third-order valence-corrected chi connectivity index (χ3v) is 3.48. The quantitative estimate of drug-likeness (QED) is 0.828. The largest absolute Gasteiger partial charge is 0.496 e. The normalized spacial score (nSPS) is 20.7. The number of amides is 2. The number of benzene rings is 1. The summed E-state index contributed by atoms with van der Waals surface area (Å²) in [5.41, 5.74) is 2.09. The van der Waals surface area contributed by atoms with Crippen molar-refractivity contribution in [3.05, 3.63) is 29.3 Å². The third-order valence-electron chi connectivity index (χ3n) is 3.48. The SMILES string of the molecule is COc1ccc(C)cc1C(C)C1CC(=O)NC1=O. The van der Waals surface area contributed by atoms with Crippen molar-refractivity contribution in [3.8, 4) is 5.75 Å². The molecule has 1 aromatic carbocycles. The van der Waals surface area contributed by atoms with E-state index in [4.69, 9.17) is 4.74 Å². The van der Waals surface area contributed by atoms with Gasteiger partial charge in [0.2, 0.25) is 11.8 Å². The van der Waals surface area contributed by atoms with Crippen LogP contribution in [-0.2, 0) is 9.59 Å². The van der Waals surface area contributed by atoms with E-state index in [1.54, 1.807) is 7.11 Å². The monoisotopic (exact) mass is 247 g/mol. The van der Waals surface area contributed by atoms with Crippen LogP contribution in [0.3, 0.4) is 0 Å². The van der Waals surface area contributed by atoms with Crippen LogP contribution in [0.4, 0.5) is 0 Å². The van der Waals surface area contributed by atoms with Gasteiger partial charge in [0, 0.05) is 6.42 Å². The summed E-state index contributed by atoms with van der Waals surface area (Å²) in [4.78, 5) is 23.0. The number of aryl methyl sites for hydroxylation is 1. The summed E-state index contributed by atoms with van der Waals surface area (Å²) in [5, 5.41) is 2.35. The minimum Gasteiger partial charge on any atom is -0.496 e. The van der Waals surface area contributed by atoms with E-state index in [0.29, 0.717) is 0 Å². The van der Waals surface area contributed by atoms with E-state index < -0.39 is 0 Å². The van der Waals surface area contributed by atoms with Crippen LogP contribution in [0.25, 0.3) is 0 Å². The van der Waals surface area contributed by atoms with E-state index in [1.807, 2.05) is 32.0 Å². The van der Waals surface area contributed by atoms with Crippen LogP contribution in [0.1, 0.15) is 30.4 Å². The average Bonchev–Trinajstić information content (AvgIpc) is 2.67. The number of rotatable bonds is 3. The van der Waals surface area contributed by atoms with Crippen LogP contribution in [-0.4, -0.2) is 18.9 Å². The first-order valence-electron chi connectivity index (χ1n) is 6.01. The van der Waals surface area contributed by atoms with Crippen molar-refractivity contribution >= 4 is 11.8 Å². The van der Waals surface area contributed by atoms with Gasteiger partial charge in [0.1, 0.15) is 5.75 Å². The smallest absolute Gasteiger partial charge is 0.230 e. The number of methoxy groups -OCH3 is 1. The molecule has 0 aliphatic carbocycles. The first-order chi connectivity index (χ1) is 8.52. The maximum atomic E-state index is 11.7. The van der Waals surface area contributed by atoms with E-state index in [0.717, 1.165) is 16.9 Å². The number of carbonyl (C=O) groups excluding carboxylic acids is 2. The van der Waals surface area contributed by atoms with Gasteiger partial charge in [0.15, 0.2) is 0 Å². The molecule has 0 spiro atoms. The lowest BCUT2D eigenvalue weighted by atomic mass is 9.85. The molecule has 1 N–H and O–H groups in total. The molecule has 1 saturated heterocycles. The lowest BCUT2D eigenvalue weighted by molar-refractivity contribution is -0.126. The Morgan fingerprint density at radius 1 is 1.39 bits per heavy atom. The fraction of sp³-hybridized carbons (Fsp3) is 0.429. The molecule has 0 bridgehead atoms. The van der Waals surface area contributed by atoms with Crippen molar-refractivity contribution in [2.24, 2.45) is 5.92 Å². The van der Waals surface area contributed by atoms with Gasteiger partial charge in [-0.3, -0.25) is 14.9 Å². The van der Waals surface area contributed by atoms with E-state index in [1.165, 1.54) is 0 Å². The highest BCUT2D eigenvalue weighted by molar-refractivity contribution is 6.03. The molecule has 2 amide bonds. The van der Waals surface area contributed by atoms with Crippen LogP contribution in [0.5, 0.6) is 5.75 Å². The fourth-order valence-electron chi connectivity index (χ4n) is 2.40. The van der Waals surface area contributed by atoms with Gasteiger partial charge in [-0.05, 0) is 24.5 Å². The van der Waals surface area contributed by atoms with Gasteiger partial charge in [-0.2, -0.15) is 0 Å². The molecule has 4 heteroatoms. The number of hydrogen-bond acceptors (Lipinski definition) is 3. The zero-order valence-electron chi connectivity index (χ0n) is 10.8. The highest BCUT2D eigenvalue weighted by Crippen LogP contribution is 2.35. The Balaban J connectivity index is 2.33. The third kappa shape index (κ3) is 2.23. The van der Waals surface area contributed by atoms with E-state index in [9.17, 15) is 9.59 Å². The molecule has 2 unspecified atom stereocenters. The fourth-order valence-corrected chi connectivity index (χ4v) is 2.40. The molecule has 2 rings (SSSR count). The average molecular weight is 247 g/mol. The molecule has 0 radical (unpaired) electrons. The molecule has 96 valence electrons. The van der Waals surface area contributed by atoms with Crippen molar-refractivity contribution in [3.63, 3.8) is 0 Å². The van der Waals surface area contributed by atoms with E-state index in [2.05, 4.69) is 5.32 Å². The Kier molecular flexibility index (Phi) is 3.36. The first kappa shape index (κ1) is 12.6. The van der Waals surface area contributed by atoms with Gasteiger partial charge >= 0.3 is 0 Å². The van der Waals surface area contributed by atoms with Crippen molar-refractivity contribution in [1.29, 1.82) is 0 Å². The molecular formula is C14H17NO3. The Morgan fingerprint density at radius 2 is 2.11 bits per heavy atom. The number of ether oxygens (including phenoxy) is 1. The number of nitrogens with one attached hydrogen (secondary N) is 1. The van der Waals surface area contributed by atoms with E-state index >= 15 is 0 Å². The van der Waals surface area contributed by atoms with Crippen molar-refractivity contribution in [2.45, 2.75) is 26.2 Å². The van der Waals surface area contributed by atoms with Gasteiger partial charge in [-0.25, -0.2) is 0 Å². The summed E-state index contributed by atoms with van der Waals surface area (Å²) >= 11 is 0. The summed E-state index contributed by atoms with van der Waals surface area (Å²) < 4.78 is 5.33. The Labute approximate surface area is 106 Å². The summed E-state index contributed by atoms with van der Waals surface area (Å²) in [5.74, 6) is 0.0549. The predicted molar refractivity (Wildman–Crippen MR) is 67.4 cm³/mol. The molecule has 1 fully saturated rings. The summed E-state index contributed by atoms with van der Waals surface area (Å²) in [7, 11) is 1.61. The van der Waals surface area contributed by atoms with Crippen molar-refractivity contribution < 1.29 is 14.3 Å². The molecule has 1 aliphatic rings. The lowest BCUT2D eigenvalue weighted by Gasteiger charge is -2.19. The Morgan fingerprint density at radius 3 is 2.67 bits per heavy atom. The van der Waals surface area contributed by atoms with Crippen LogP contribution >= 0.6 is 0 Å². The van der Waals surface area contributed by atoms with Gasteiger partial charge in [-0.15, -0.1) is 0 Å². The molecule has 1 aromatic rings. The zero-order valence-corrected chi connectivity index (χ0v) is 10.8. The number of hydrogen-bond donors (Lipinski definition) is 1. The minimum atomic E-state index is -0.298. The van der Waals surface area contributed by atoms with Gasteiger partial charge in [0.05, 0.1) is 13.0 Å². The first-order valence-corrected chi connectivity index (χ1v) is 6.01. The molecular weight excluding hydrogens is 230 g/mol. The van der Waals surface area contributed by atoms with Gasteiger partial charge in [-0.1, -0.05) is 24.6 Å². The summed E-state index contributed by atoms with van der Waals surface area (Å²) in [6.45, 7) is 3.95. The molecule has 18 heavy (non-hydrogen) atoms. The van der Waals surface area contributed by atoms with Crippen molar-refractivity contribution in [2.75, 3.05) is 7.11 Å². The van der Waals surface area contributed by atoms with Crippen LogP contribution in [0.2, 0.25) is 0 Å². The highest BCUT2D eigenvalue weighted by Gasteiger charge is 2.36. The molecule has 1 aliphatic heterocycles. The maximum absolute atomic E-state index is 11.7. The summed E-state index contributed by atoms with van der Waals surface area (Å²) in [6.07, 6.45) is 0.261. The van der Waals surface area contributed by atoms with Gasteiger partial charge < -0.3 is 4.74 Å². The lowest BCUT2D eigenvalue weighted by Crippen LogP contribution is -2.24. The van der Waals surface area contributed by atoms with Crippen LogP contribution < -0.4 is 10.1 Å². The second-order valence-corrected chi connectivity index (χ2v) is 4.76. The second kappa shape index (κ2) is 4.80. The van der Waals surface area contributed by atoms with Crippen LogP contribution in [0, 0.1) is 12.8 Å². The minimum absolute atomic E-state index is 0.0358. The standard InChI is InChI=1S/C14H17NO3/c1-8-4-5-12(18-3)10(6-8)9(2)11-7-13(16)15-14(11)17/h4-6,9,11H,7H2,1-3H3,(H,15,16,17). The Hall–Kier alpha value is -1.84. The number of imide groups is 1. The van der Waals surface area contributed by atoms with Crippen LogP contribution in [0.15, 0.2) is 18.2 Å². The maximum Gasteiger partial charge on any atom is 0.230 e. The molecule has 0 saturated carbocycles. The predicted octanol–water partition coefficient (Wildman–Crippen LogP) is 1.77. The van der Waals surface area contributed by atoms with Gasteiger partial charge in [0.25, 0.3) is 0 Å². The Bertz CT molecular complexity index is 496.